The Balaban J connectivity index is 2.21. The van der Waals surface area contributed by atoms with E-state index in [-0.39, 0.29) is 11.6 Å². The number of aromatic nitrogens is 1. The fourth-order valence-electron chi connectivity index (χ4n) is 2.24. The molecule has 2 heterocycles. The molecular weight excluding hydrogens is 249 g/mol. The molecule has 5 nitrogen and oxygen atoms in total. The SMILES string of the molecule is CN(C)C(=O)C1CCCN1C(=O)c1cccc(F)n1. The number of carbonyl (C=O) groups is 2. The summed E-state index contributed by atoms with van der Waals surface area (Å²) in [7, 11) is 3.31. The van der Waals surface area contributed by atoms with Gasteiger partial charge in [-0.05, 0) is 25.0 Å². The van der Waals surface area contributed by atoms with E-state index in [1.165, 1.54) is 28.0 Å². The first-order chi connectivity index (χ1) is 9.00. The van der Waals surface area contributed by atoms with Crippen molar-refractivity contribution in [2.75, 3.05) is 20.6 Å². The van der Waals surface area contributed by atoms with E-state index in [1.54, 1.807) is 14.1 Å². The number of rotatable bonds is 2. The van der Waals surface area contributed by atoms with Gasteiger partial charge in [0.05, 0.1) is 0 Å². The van der Waals surface area contributed by atoms with E-state index in [1.807, 2.05) is 0 Å². The first kappa shape index (κ1) is 13.5. The molecule has 6 heteroatoms. The highest BCUT2D eigenvalue weighted by atomic mass is 19.1. The van der Waals surface area contributed by atoms with Gasteiger partial charge in [-0.1, -0.05) is 6.07 Å². The number of pyridine rings is 1. The molecule has 0 aliphatic carbocycles. The van der Waals surface area contributed by atoms with E-state index in [0.29, 0.717) is 13.0 Å². The summed E-state index contributed by atoms with van der Waals surface area (Å²) in [6.07, 6.45) is 1.41. The molecule has 2 rings (SSSR count). The van der Waals surface area contributed by atoms with Crippen LogP contribution in [-0.4, -0.2) is 53.3 Å². The molecule has 1 atom stereocenters. The number of hydrogen-bond acceptors (Lipinski definition) is 3. The lowest BCUT2D eigenvalue weighted by Gasteiger charge is -2.25. The summed E-state index contributed by atoms with van der Waals surface area (Å²) in [6.45, 7) is 0.501. The van der Waals surface area contributed by atoms with Crippen molar-refractivity contribution in [1.29, 1.82) is 0 Å². The van der Waals surface area contributed by atoms with Crippen molar-refractivity contribution in [2.45, 2.75) is 18.9 Å². The second-order valence-electron chi connectivity index (χ2n) is 4.73. The molecule has 1 aromatic rings. The zero-order valence-electron chi connectivity index (χ0n) is 11.0. The van der Waals surface area contributed by atoms with Gasteiger partial charge >= 0.3 is 0 Å². The molecule has 0 saturated carbocycles. The number of amides is 2. The van der Waals surface area contributed by atoms with Crippen molar-refractivity contribution in [2.24, 2.45) is 0 Å². The number of hydrogen-bond donors (Lipinski definition) is 0. The minimum absolute atomic E-state index is 0.0402. The van der Waals surface area contributed by atoms with E-state index in [0.717, 1.165) is 6.42 Å². The molecule has 0 N–H and O–H groups in total. The van der Waals surface area contributed by atoms with Crippen LogP contribution in [-0.2, 0) is 4.79 Å². The largest absolute Gasteiger partial charge is 0.347 e. The molecule has 1 aromatic heterocycles. The predicted octanol–water partition coefficient (Wildman–Crippen LogP) is 0.913. The number of likely N-dealkylation sites (N-methyl/N-ethyl adjacent to an activating group) is 1. The van der Waals surface area contributed by atoms with E-state index >= 15 is 0 Å². The number of halogens is 1. The van der Waals surface area contributed by atoms with Crippen LogP contribution in [0.4, 0.5) is 4.39 Å². The molecule has 1 saturated heterocycles. The molecule has 1 aliphatic heterocycles. The summed E-state index contributed by atoms with van der Waals surface area (Å²) in [4.78, 5) is 30.8. The lowest BCUT2D eigenvalue weighted by atomic mass is 10.2. The molecule has 1 fully saturated rings. The molecule has 1 aliphatic rings. The molecule has 2 amide bonds. The van der Waals surface area contributed by atoms with Crippen LogP contribution in [0.2, 0.25) is 0 Å². The predicted molar refractivity (Wildman–Crippen MR) is 66.9 cm³/mol. The summed E-state index contributed by atoms with van der Waals surface area (Å²) in [5.74, 6) is -1.19. The summed E-state index contributed by atoms with van der Waals surface area (Å²) >= 11 is 0. The van der Waals surface area contributed by atoms with Crippen LogP contribution in [0.5, 0.6) is 0 Å². The first-order valence-electron chi connectivity index (χ1n) is 6.15. The fraction of sp³-hybridized carbons (Fsp3) is 0.462. The highest BCUT2D eigenvalue weighted by molar-refractivity contribution is 5.96. The average molecular weight is 265 g/mol. The maximum Gasteiger partial charge on any atom is 0.273 e. The maximum absolute atomic E-state index is 13.0. The van der Waals surface area contributed by atoms with Crippen molar-refractivity contribution >= 4 is 11.8 Å². The topological polar surface area (TPSA) is 53.5 Å². The van der Waals surface area contributed by atoms with Crippen LogP contribution in [0.1, 0.15) is 23.3 Å². The van der Waals surface area contributed by atoms with Gasteiger partial charge in [0.1, 0.15) is 11.7 Å². The highest BCUT2D eigenvalue weighted by Gasteiger charge is 2.35. The van der Waals surface area contributed by atoms with Crippen molar-refractivity contribution < 1.29 is 14.0 Å². The zero-order chi connectivity index (χ0) is 14.0. The second-order valence-corrected chi connectivity index (χ2v) is 4.73. The van der Waals surface area contributed by atoms with E-state index in [4.69, 9.17) is 0 Å². The number of likely N-dealkylation sites (tertiary alicyclic amines) is 1. The lowest BCUT2D eigenvalue weighted by molar-refractivity contribution is -0.132. The minimum Gasteiger partial charge on any atom is -0.347 e. The number of nitrogens with zero attached hydrogens (tertiary/aromatic N) is 3. The third-order valence-corrected chi connectivity index (χ3v) is 3.17. The Hall–Kier alpha value is -1.98. The molecule has 102 valence electrons. The average Bonchev–Trinajstić information content (AvgIpc) is 2.85. The third-order valence-electron chi connectivity index (χ3n) is 3.17. The van der Waals surface area contributed by atoms with Crippen LogP contribution in [0.15, 0.2) is 18.2 Å². The van der Waals surface area contributed by atoms with E-state index in [9.17, 15) is 14.0 Å². The van der Waals surface area contributed by atoms with Crippen molar-refractivity contribution in [3.05, 3.63) is 29.8 Å². The van der Waals surface area contributed by atoms with Gasteiger partial charge in [-0.25, -0.2) is 4.98 Å². The van der Waals surface area contributed by atoms with Crippen molar-refractivity contribution in [3.8, 4) is 0 Å². The molecular formula is C13H16FN3O2. The summed E-state index contributed by atoms with van der Waals surface area (Å²) in [5.41, 5.74) is 0.0402. The summed E-state index contributed by atoms with van der Waals surface area (Å²) < 4.78 is 13.0. The minimum atomic E-state index is -0.694. The van der Waals surface area contributed by atoms with Crippen LogP contribution >= 0.6 is 0 Å². The summed E-state index contributed by atoms with van der Waals surface area (Å²) in [6, 6.07) is 3.62. The van der Waals surface area contributed by atoms with Crippen LogP contribution in [0.3, 0.4) is 0 Å². The maximum atomic E-state index is 13.0. The van der Waals surface area contributed by atoms with Gasteiger partial charge in [0.15, 0.2) is 0 Å². The van der Waals surface area contributed by atoms with E-state index in [2.05, 4.69) is 4.98 Å². The van der Waals surface area contributed by atoms with Crippen LogP contribution in [0.25, 0.3) is 0 Å². The Bertz CT molecular complexity index is 504. The van der Waals surface area contributed by atoms with Gasteiger partial charge in [0, 0.05) is 20.6 Å². The monoisotopic (exact) mass is 265 g/mol. The molecule has 0 bridgehead atoms. The molecule has 0 spiro atoms. The summed E-state index contributed by atoms with van der Waals surface area (Å²) in [5, 5.41) is 0. The Morgan fingerprint density at radius 3 is 2.79 bits per heavy atom. The van der Waals surface area contributed by atoms with Gasteiger partial charge in [0.2, 0.25) is 11.9 Å². The molecule has 0 aromatic carbocycles. The van der Waals surface area contributed by atoms with Gasteiger partial charge in [-0.2, -0.15) is 4.39 Å². The molecule has 0 radical (unpaired) electrons. The van der Waals surface area contributed by atoms with Crippen molar-refractivity contribution in [3.63, 3.8) is 0 Å². The quantitative estimate of drug-likeness (QED) is 0.747. The van der Waals surface area contributed by atoms with Gasteiger partial charge in [-0.3, -0.25) is 9.59 Å². The Labute approximate surface area is 111 Å². The van der Waals surface area contributed by atoms with Crippen LogP contribution in [0, 0.1) is 5.95 Å². The van der Waals surface area contributed by atoms with Gasteiger partial charge in [-0.15, -0.1) is 0 Å². The van der Waals surface area contributed by atoms with Crippen LogP contribution < -0.4 is 0 Å². The number of carbonyl (C=O) groups excluding carboxylic acids is 2. The van der Waals surface area contributed by atoms with E-state index < -0.39 is 17.9 Å². The first-order valence-corrected chi connectivity index (χ1v) is 6.15. The molecule has 1 unspecified atom stereocenters. The molecule has 19 heavy (non-hydrogen) atoms. The fourth-order valence-corrected chi connectivity index (χ4v) is 2.24. The highest BCUT2D eigenvalue weighted by Crippen LogP contribution is 2.20. The Morgan fingerprint density at radius 2 is 2.16 bits per heavy atom. The Morgan fingerprint density at radius 1 is 1.42 bits per heavy atom. The van der Waals surface area contributed by atoms with Gasteiger partial charge in [0.25, 0.3) is 5.91 Å². The third kappa shape index (κ3) is 2.72. The lowest BCUT2D eigenvalue weighted by Crippen LogP contribution is -2.45. The van der Waals surface area contributed by atoms with Crippen molar-refractivity contribution in [1.82, 2.24) is 14.8 Å². The Kier molecular flexibility index (Phi) is 3.78. The standard InChI is InChI=1S/C13H16FN3O2/c1-16(2)13(19)10-6-4-8-17(10)12(18)9-5-3-7-11(14)15-9/h3,5,7,10H,4,6,8H2,1-2H3. The van der Waals surface area contributed by atoms with Gasteiger partial charge < -0.3 is 9.80 Å². The zero-order valence-corrected chi connectivity index (χ0v) is 11.0. The second kappa shape index (κ2) is 5.34. The normalized spacial score (nSPS) is 18.5. The smallest absolute Gasteiger partial charge is 0.273 e.